The van der Waals surface area contributed by atoms with Crippen molar-refractivity contribution in [2.45, 2.75) is 33.5 Å². The molecule has 4 N–H and O–H groups in total. The van der Waals surface area contributed by atoms with E-state index in [4.69, 9.17) is 16.3 Å². The largest absolute Gasteiger partial charge is 0.331 e. The van der Waals surface area contributed by atoms with Crippen LogP contribution in [0.25, 0.3) is 0 Å². The zero-order valence-corrected chi connectivity index (χ0v) is 18.4. The second kappa shape index (κ2) is 19.5. The lowest BCUT2D eigenvalue weighted by Gasteiger charge is -2.20. The summed E-state index contributed by atoms with van der Waals surface area (Å²) < 4.78 is 0. The monoisotopic (exact) mass is 407 g/mol. The van der Waals surface area contributed by atoms with Gasteiger partial charge in [-0.25, -0.2) is 0 Å². The number of carbonyl (C=O) groups excluding carboxylic acids is 1. The third-order valence-corrected chi connectivity index (χ3v) is 4.02. The predicted octanol–water partition coefficient (Wildman–Crippen LogP) is 4.63. The second-order valence-corrected chi connectivity index (χ2v) is 6.37. The average Bonchev–Trinajstić information content (AvgIpc) is 2.83. The zero-order valence-electron chi connectivity index (χ0n) is 18.4. The van der Waals surface area contributed by atoms with Gasteiger partial charge in [0.25, 0.3) is 0 Å². The Bertz CT molecular complexity index is 680. The maximum atomic E-state index is 8.00. The van der Waals surface area contributed by atoms with Crippen molar-refractivity contribution < 1.29 is 4.79 Å². The summed E-state index contributed by atoms with van der Waals surface area (Å²) in [7, 11) is 0. The lowest BCUT2D eigenvalue weighted by molar-refractivity contribution is -0.0979. The molecule has 0 aliphatic heterocycles. The molecule has 0 spiro atoms. The SMILES string of the molecule is C=O.CCN.CCN(Cc1ccccc1)Cc1ccccc1.NCc1ccccc1. The predicted molar refractivity (Wildman–Crippen MR) is 129 cm³/mol. The van der Waals surface area contributed by atoms with Gasteiger partial charge in [0.2, 0.25) is 0 Å². The Morgan fingerprint density at radius 3 is 1.17 bits per heavy atom. The van der Waals surface area contributed by atoms with Crippen molar-refractivity contribution in [1.82, 2.24) is 4.90 Å². The van der Waals surface area contributed by atoms with E-state index in [9.17, 15) is 0 Å². The topological polar surface area (TPSA) is 72.4 Å². The minimum absolute atomic E-state index is 0.640. The van der Waals surface area contributed by atoms with Gasteiger partial charge in [0.15, 0.2) is 0 Å². The molecule has 0 fully saturated rings. The van der Waals surface area contributed by atoms with Gasteiger partial charge in [-0.3, -0.25) is 4.90 Å². The van der Waals surface area contributed by atoms with Crippen LogP contribution in [0.2, 0.25) is 0 Å². The number of nitrogens with zero attached hydrogens (tertiary/aromatic N) is 1. The van der Waals surface area contributed by atoms with Crippen LogP contribution < -0.4 is 11.5 Å². The molecule has 0 radical (unpaired) electrons. The number of hydrogen-bond acceptors (Lipinski definition) is 4. The first-order valence-corrected chi connectivity index (χ1v) is 10.3. The standard InChI is InChI=1S/C16H19N.C7H9N.C2H7N.CH2O/c1-2-17(13-15-9-5-3-6-10-15)14-16-11-7-4-8-12-16;8-6-7-4-2-1-3-5-7;1-2-3;1-2/h3-12H,2,13-14H2,1H3;1-5H,6,8H2;2-3H2,1H3;1H2. The number of carbonyl (C=O) groups is 1. The zero-order chi connectivity index (χ0) is 22.5. The molecule has 0 unspecified atom stereocenters. The summed E-state index contributed by atoms with van der Waals surface area (Å²) in [5.41, 5.74) is 14.1. The summed E-state index contributed by atoms with van der Waals surface area (Å²) >= 11 is 0. The molecule has 0 heterocycles. The first-order valence-electron chi connectivity index (χ1n) is 10.3. The molecule has 30 heavy (non-hydrogen) atoms. The van der Waals surface area contributed by atoms with Gasteiger partial charge in [0, 0.05) is 19.6 Å². The van der Waals surface area contributed by atoms with Crippen LogP contribution in [0.5, 0.6) is 0 Å². The van der Waals surface area contributed by atoms with Crippen molar-refractivity contribution in [3.8, 4) is 0 Å². The first-order chi connectivity index (χ1) is 14.7. The van der Waals surface area contributed by atoms with Crippen LogP contribution in [-0.4, -0.2) is 24.8 Å². The lowest BCUT2D eigenvalue weighted by Crippen LogP contribution is -2.22. The number of hydrogen-bond donors (Lipinski definition) is 2. The van der Waals surface area contributed by atoms with E-state index in [1.165, 1.54) is 16.7 Å². The van der Waals surface area contributed by atoms with Crippen molar-refractivity contribution in [1.29, 1.82) is 0 Å². The Hall–Kier alpha value is -2.79. The molecule has 3 aromatic carbocycles. The summed E-state index contributed by atoms with van der Waals surface area (Å²) in [5, 5.41) is 0. The van der Waals surface area contributed by atoms with Crippen LogP contribution in [0.15, 0.2) is 91.0 Å². The van der Waals surface area contributed by atoms with Crippen molar-refractivity contribution in [3.63, 3.8) is 0 Å². The highest BCUT2D eigenvalue weighted by atomic mass is 16.1. The molecule has 0 saturated heterocycles. The Kier molecular flexibility index (Phi) is 17.7. The van der Waals surface area contributed by atoms with E-state index >= 15 is 0 Å². The molecule has 0 atom stereocenters. The highest BCUT2D eigenvalue weighted by Gasteiger charge is 2.04. The molecule has 0 aliphatic rings. The molecule has 162 valence electrons. The fourth-order valence-corrected chi connectivity index (χ4v) is 2.58. The van der Waals surface area contributed by atoms with Crippen molar-refractivity contribution in [2.75, 3.05) is 13.1 Å². The minimum atomic E-state index is 0.640. The van der Waals surface area contributed by atoms with Gasteiger partial charge in [0.05, 0.1) is 0 Å². The van der Waals surface area contributed by atoms with Crippen molar-refractivity contribution in [3.05, 3.63) is 108 Å². The van der Waals surface area contributed by atoms with Crippen LogP contribution in [0.4, 0.5) is 0 Å². The molecule has 4 heteroatoms. The smallest absolute Gasteiger partial charge is 0.106 e. The number of nitrogens with two attached hydrogens (primary N) is 2. The fraction of sp³-hybridized carbons (Fsp3) is 0.269. The third kappa shape index (κ3) is 13.4. The second-order valence-electron chi connectivity index (χ2n) is 6.37. The maximum Gasteiger partial charge on any atom is 0.106 e. The van der Waals surface area contributed by atoms with Gasteiger partial charge in [-0.05, 0) is 29.8 Å². The summed E-state index contributed by atoms with van der Waals surface area (Å²) in [5.74, 6) is 0. The van der Waals surface area contributed by atoms with E-state index < -0.39 is 0 Å². The van der Waals surface area contributed by atoms with E-state index in [2.05, 4.69) is 72.5 Å². The highest BCUT2D eigenvalue weighted by Crippen LogP contribution is 2.09. The van der Waals surface area contributed by atoms with E-state index in [0.717, 1.165) is 26.2 Å². The number of rotatable bonds is 6. The van der Waals surface area contributed by atoms with Gasteiger partial charge in [0.1, 0.15) is 6.79 Å². The van der Waals surface area contributed by atoms with E-state index in [1.807, 2.05) is 44.0 Å². The van der Waals surface area contributed by atoms with E-state index in [1.54, 1.807) is 0 Å². The molecule has 4 nitrogen and oxygen atoms in total. The Morgan fingerprint density at radius 1 is 0.633 bits per heavy atom. The maximum absolute atomic E-state index is 8.00. The van der Waals surface area contributed by atoms with Gasteiger partial charge in [-0.1, -0.05) is 105 Å². The normalized spacial score (nSPS) is 9.23. The first kappa shape index (κ1) is 27.2. The van der Waals surface area contributed by atoms with Crippen LogP contribution in [0.1, 0.15) is 30.5 Å². The molecule has 0 amide bonds. The summed E-state index contributed by atoms with van der Waals surface area (Å²) in [6.45, 7) is 10.6. The Labute approximate surface area is 182 Å². The van der Waals surface area contributed by atoms with Gasteiger partial charge in [-0.2, -0.15) is 0 Å². The minimum Gasteiger partial charge on any atom is -0.331 e. The molecular weight excluding hydrogens is 370 g/mol. The van der Waals surface area contributed by atoms with Crippen LogP contribution in [0.3, 0.4) is 0 Å². The van der Waals surface area contributed by atoms with Crippen LogP contribution in [0, 0.1) is 0 Å². The molecule has 3 rings (SSSR count). The number of benzene rings is 3. The van der Waals surface area contributed by atoms with Crippen molar-refractivity contribution >= 4 is 6.79 Å². The van der Waals surface area contributed by atoms with Crippen LogP contribution in [-0.2, 0) is 24.4 Å². The Morgan fingerprint density at radius 2 is 0.933 bits per heavy atom. The summed E-state index contributed by atoms with van der Waals surface area (Å²) in [6.07, 6.45) is 0. The molecular formula is C26H37N3O. The molecule has 0 aromatic heterocycles. The van der Waals surface area contributed by atoms with Gasteiger partial charge in [-0.15, -0.1) is 0 Å². The van der Waals surface area contributed by atoms with Crippen molar-refractivity contribution in [2.24, 2.45) is 11.5 Å². The summed E-state index contributed by atoms with van der Waals surface area (Å²) in [6, 6.07) is 31.3. The van der Waals surface area contributed by atoms with Gasteiger partial charge >= 0.3 is 0 Å². The Balaban J connectivity index is 0.000000539. The third-order valence-electron chi connectivity index (χ3n) is 4.02. The summed E-state index contributed by atoms with van der Waals surface area (Å²) in [4.78, 5) is 10.4. The van der Waals surface area contributed by atoms with Crippen LogP contribution >= 0.6 is 0 Å². The highest BCUT2D eigenvalue weighted by molar-refractivity contribution is 5.17. The van der Waals surface area contributed by atoms with E-state index in [-0.39, 0.29) is 0 Å². The quantitative estimate of drug-likeness (QED) is 0.625. The molecule has 0 bridgehead atoms. The van der Waals surface area contributed by atoms with Gasteiger partial charge < -0.3 is 16.3 Å². The molecule has 0 saturated carbocycles. The molecule has 3 aromatic rings. The average molecular weight is 408 g/mol. The van der Waals surface area contributed by atoms with E-state index in [0.29, 0.717) is 6.54 Å². The lowest BCUT2D eigenvalue weighted by atomic mass is 10.2. The molecule has 0 aliphatic carbocycles. The fourth-order valence-electron chi connectivity index (χ4n) is 2.58.